The van der Waals surface area contributed by atoms with Crippen molar-refractivity contribution in [1.82, 2.24) is 0 Å². The highest BCUT2D eigenvalue weighted by Gasteiger charge is 2.17. The number of benzene rings is 2. The molecule has 0 aliphatic carbocycles. The monoisotopic (exact) mass is 288 g/mol. The lowest BCUT2D eigenvalue weighted by Crippen LogP contribution is -2.03. The van der Waals surface area contributed by atoms with Gasteiger partial charge in [-0.2, -0.15) is 0 Å². The molecule has 0 unspecified atom stereocenters. The Morgan fingerprint density at radius 3 is 2.55 bits per heavy atom. The maximum atomic E-state index is 12.0. The van der Waals surface area contributed by atoms with E-state index in [9.17, 15) is 14.7 Å². The molecule has 1 N–H and O–H groups in total. The fourth-order valence-electron chi connectivity index (χ4n) is 2.30. The van der Waals surface area contributed by atoms with Crippen LogP contribution in [0, 0.1) is 0 Å². The largest absolute Gasteiger partial charge is 0.507 e. The summed E-state index contributed by atoms with van der Waals surface area (Å²) in [6.07, 6.45) is 0. The van der Waals surface area contributed by atoms with E-state index in [0.29, 0.717) is 21.2 Å². The van der Waals surface area contributed by atoms with Gasteiger partial charge in [-0.25, -0.2) is 4.79 Å². The number of halogens is 1. The van der Waals surface area contributed by atoms with Gasteiger partial charge in [-0.05, 0) is 37.3 Å². The Hall–Kier alpha value is -2.33. The average Bonchev–Trinajstić information content (AvgIpc) is 2.37. The Bertz CT molecular complexity index is 924. The summed E-state index contributed by atoms with van der Waals surface area (Å²) in [7, 11) is 0. The number of carbonyl (C=O) groups excluding carboxylic acids is 1. The Balaban J connectivity index is 2.63. The summed E-state index contributed by atoms with van der Waals surface area (Å²) in [5.41, 5.74) is -0.490. The summed E-state index contributed by atoms with van der Waals surface area (Å²) in [4.78, 5) is 23.6. The molecule has 0 fully saturated rings. The first kappa shape index (κ1) is 12.7. The van der Waals surface area contributed by atoms with Crippen LogP contribution in [0.4, 0.5) is 0 Å². The van der Waals surface area contributed by atoms with Crippen LogP contribution in [-0.2, 0) is 0 Å². The summed E-state index contributed by atoms with van der Waals surface area (Å²) < 4.78 is 5.21. The summed E-state index contributed by atoms with van der Waals surface area (Å²) in [6, 6.07) is 7.80. The molecular formula is C15H9ClO4. The zero-order valence-electron chi connectivity index (χ0n) is 10.4. The van der Waals surface area contributed by atoms with Crippen LogP contribution in [0.5, 0.6) is 5.75 Å². The molecule has 100 valence electrons. The third-order valence-corrected chi connectivity index (χ3v) is 3.41. The number of Topliss-reactive ketones (excluding diaryl/α,β-unsaturated/α-hetero) is 1. The third-order valence-electron chi connectivity index (χ3n) is 3.17. The van der Waals surface area contributed by atoms with E-state index in [-0.39, 0.29) is 22.7 Å². The minimum atomic E-state index is -0.572. The van der Waals surface area contributed by atoms with Crippen LogP contribution in [0.15, 0.2) is 39.5 Å². The van der Waals surface area contributed by atoms with Gasteiger partial charge in [-0.15, -0.1) is 0 Å². The van der Waals surface area contributed by atoms with Crippen molar-refractivity contribution in [3.8, 4) is 5.75 Å². The van der Waals surface area contributed by atoms with E-state index in [4.69, 9.17) is 16.0 Å². The van der Waals surface area contributed by atoms with Crippen LogP contribution in [0.2, 0.25) is 5.02 Å². The second-order valence-corrected chi connectivity index (χ2v) is 4.91. The molecule has 5 heteroatoms. The normalized spacial score (nSPS) is 11.1. The number of rotatable bonds is 1. The van der Waals surface area contributed by atoms with Crippen molar-refractivity contribution in [3.63, 3.8) is 0 Å². The van der Waals surface area contributed by atoms with Crippen molar-refractivity contribution >= 4 is 39.1 Å². The molecule has 2 aromatic carbocycles. The molecule has 0 aliphatic heterocycles. The SMILES string of the molecule is CC(=O)c1c(O)ccc2c1oc(=O)c1ccc(Cl)cc12. The molecule has 3 rings (SSSR count). The van der Waals surface area contributed by atoms with Gasteiger partial charge in [0.05, 0.1) is 5.39 Å². The van der Waals surface area contributed by atoms with Gasteiger partial charge in [0.25, 0.3) is 0 Å². The Kier molecular flexibility index (Phi) is 2.76. The Morgan fingerprint density at radius 2 is 1.85 bits per heavy atom. The van der Waals surface area contributed by atoms with E-state index in [1.54, 1.807) is 24.3 Å². The molecule has 0 bridgehead atoms. The Labute approximate surface area is 118 Å². The minimum absolute atomic E-state index is 0.00137. The molecule has 1 aromatic heterocycles. The third kappa shape index (κ3) is 1.77. The molecule has 0 saturated heterocycles. The molecule has 0 saturated carbocycles. The number of carbonyl (C=O) groups is 1. The molecule has 3 aromatic rings. The number of hydrogen-bond acceptors (Lipinski definition) is 4. The molecule has 0 spiro atoms. The molecule has 20 heavy (non-hydrogen) atoms. The van der Waals surface area contributed by atoms with Crippen LogP contribution in [0.3, 0.4) is 0 Å². The molecule has 0 aliphatic rings. The van der Waals surface area contributed by atoms with Gasteiger partial charge in [-0.3, -0.25) is 4.79 Å². The Morgan fingerprint density at radius 1 is 1.15 bits per heavy atom. The van der Waals surface area contributed by atoms with E-state index in [1.165, 1.54) is 13.0 Å². The van der Waals surface area contributed by atoms with Crippen molar-refractivity contribution in [3.05, 3.63) is 51.3 Å². The molecular weight excluding hydrogens is 280 g/mol. The van der Waals surface area contributed by atoms with E-state index >= 15 is 0 Å². The fraction of sp³-hybridized carbons (Fsp3) is 0.0667. The van der Waals surface area contributed by atoms with Crippen molar-refractivity contribution in [2.45, 2.75) is 6.92 Å². The summed E-state index contributed by atoms with van der Waals surface area (Å²) in [6.45, 7) is 1.30. The first-order chi connectivity index (χ1) is 9.49. The lowest BCUT2D eigenvalue weighted by Gasteiger charge is -2.07. The van der Waals surface area contributed by atoms with E-state index in [2.05, 4.69) is 0 Å². The second-order valence-electron chi connectivity index (χ2n) is 4.47. The predicted molar refractivity (Wildman–Crippen MR) is 76.7 cm³/mol. The van der Waals surface area contributed by atoms with Gasteiger partial charge < -0.3 is 9.52 Å². The number of phenolic OH excluding ortho intramolecular Hbond substituents is 1. The van der Waals surface area contributed by atoms with E-state index in [0.717, 1.165) is 0 Å². The maximum absolute atomic E-state index is 12.0. The van der Waals surface area contributed by atoms with Crippen LogP contribution in [0.1, 0.15) is 17.3 Å². The lowest BCUT2D eigenvalue weighted by molar-refractivity contribution is 0.101. The van der Waals surface area contributed by atoms with Crippen LogP contribution in [-0.4, -0.2) is 10.9 Å². The van der Waals surface area contributed by atoms with Gasteiger partial charge in [0.1, 0.15) is 11.3 Å². The molecule has 0 radical (unpaired) electrons. The molecule has 0 atom stereocenters. The van der Waals surface area contributed by atoms with E-state index in [1.807, 2.05) is 0 Å². The van der Waals surface area contributed by atoms with Crippen molar-refractivity contribution < 1.29 is 14.3 Å². The first-order valence-electron chi connectivity index (χ1n) is 5.88. The van der Waals surface area contributed by atoms with Gasteiger partial charge >= 0.3 is 5.63 Å². The second kappa shape index (κ2) is 4.35. The summed E-state index contributed by atoms with van der Waals surface area (Å²) in [5, 5.41) is 11.8. The molecule has 0 amide bonds. The summed E-state index contributed by atoms with van der Waals surface area (Å²) in [5.74, 6) is -0.591. The average molecular weight is 289 g/mol. The van der Waals surface area contributed by atoms with Gasteiger partial charge in [-0.1, -0.05) is 11.6 Å². The lowest BCUT2D eigenvalue weighted by atomic mass is 10.0. The van der Waals surface area contributed by atoms with Crippen molar-refractivity contribution in [2.24, 2.45) is 0 Å². The zero-order valence-corrected chi connectivity index (χ0v) is 11.2. The number of phenols is 1. The van der Waals surface area contributed by atoms with Gasteiger partial charge in [0, 0.05) is 15.8 Å². The number of fused-ring (bicyclic) bond motifs is 3. The predicted octanol–water partition coefficient (Wildman–Crippen LogP) is 3.51. The molecule has 4 nitrogen and oxygen atoms in total. The van der Waals surface area contributed by atoms with Crippen molar-refractivity contribution in [2.75, 3.05) is 0 Å². The van der Waals surface area contributed by atoms with Crippen LogP contribution >= 0.6 is 11.6 Å². The number of hydrogen-bond donors (Lipinski definition) is 1. The highest BCUT2D eigenvalue weighted by molar-refractivity contribution is 6.31. The number of ketones is 1. The fourth-order valence-corrected chi connectivity index (χ4v) is 2.47. The van der Waals surface area contributed by atoms with Gasteiger partial charge in [0.2, 0.25) is 0 Å². The smallest absolute Gasteiger partial charge is 0.344 e. The standard InChI is InChI=1S/C15H9ClO4/c1-7(17)13-12(18)5-4-9-11-6-8(16)2-3-10(11)15(19)20-14(9)13/h2-6,18H,1H3. The molecule has 1 heterocycles. The van der Waals surface area contributed by atoms with Gasteiger partial charge in [0.15, 0.2) is 11.4 Å². The highest BCUT2D eigenvalue weighted by Crippen LogP contribution is 2.32. The van der Waals surface area contributed by atoms with Crippen LogP contribution < -0.4 is 5.63 Å². The van der Waals surface area contributed by atoms with Crippen LogP contribution in [0.25, 0.3) is 21.7 Å². The van der Waals surface area contributed by atoms with Crippen molar-refractivity contribution in [1.29, 1.82) is 0 Å². The minimum Gasteiger partial charge on any atom is -0.507 e. The number of aromatic hydroxyl groups is 1. The quantitative estimate of drug-likeness (QED) is 0.423. The first-order valence-corrected chi connectivity index (χ1v) is 6.26. The van der Waals surface area contributed by atoms with E-state index < -0.39 is 5.63 Å². The zero-order chi connectivity index (χ0) is 14.4. The highest BCUT2D eigenvalue weighted by atomic mass is 35.5. The maximum Gasteiger partial charge on any atom is 0.344 e. The summed E-state index contributed by atoms with van der Waals surface area (Å²) >= 11 is 5.96. The topological polar surface area (TPSA) is 67.5 Å².